The van der Waals surface area contributed by atoms with Crippen LogP contribution in [-0.2, 0) is 0 Å². The summed E-state index contributed by atoms with van der Waals surface area (Å²) in [7, 11) is 0. The first-order valence-corrected chi connectivity index (χ1v) is 6.05. The van der Waals surface area contributed by atoms with Gasteiger partial charge >= 0.3 is 0 Å². The summed E-state index contributed by atoms with van der Waals surface area (Å²) in [6.07, 6.45) is 0. The highest BCUT2D eigenvalue weighted by atomic mass is 35.5. The number of hydrogen-bond acceptors (Lipinski definition) is 1. The van der Waals surface area contributed by atoms with E-state index in [1.807, 2.05) is 0 Å². The zero-order chi connectivity index (χ0) is 14.9. The molecule has 104 valence electrons. The number of nitrogens with one attached hydrogen (secondary N) is 1. The fourth-order valence-corrected chi connectivity index (χ4v) is 1.89. The standard InChI is InChI=1S/C13H6Cl2F3NO/c14-6-1-2-9(16)12(3-6)19-13(20)7-4-10(17)11(18)5-8(7)15/h1-5H,(H,19,20). The highest BCUT2D eigenvalue weighted by molar-refractivity contribution is 6.34. The van der Waals surface area contributed by atoms with Crippen LogP contribution in [0.5, 0.6) is 0 Å². The highest BCUT2D eigenvalue weighted by Crippen LogP contribution is 2.23. The van der Waals surface area contributed by atoms with E-state index >= 15 is 0 Å². The molecule has 7 heteroatoms. The predicted molar refractivity (Wildman–Crippen MR) is 70.7 cm³/mol. The Balaban J connectivity index is 2.33. The van der Waals surface area contributed by atoms with Gasteiger partial charge in [0.25, 0.3) is 5.91 Å². The van der Waals surface area contributed by atoms with E-state index < -0.39 is 23.4 Å². The Kier molecular flexibility index (Phi) is 4.20. The molecule has 0 radical (unpaired) electrons. The Labute approximate surface area is 122 Å². The maximum absolute atomic E-state index is 13.4. The van der Waals surface area contributed by atoms with Gasteiger partial charge in [-0.2, -0.15) is 0 Å². The summed E-state index contributed by atoms with van der Waals surface area (Å²) < 4.78 is 39.4. The van der Waals surface area contributed by atoms with E-state index in [0.29, 0.717) is 12.1 Å². The van der Waals surface area contributed by atoms with Crippen molar-refractivity contribution in [3.63, 3.8) is 0 Å². The second-order valence-corrected chi connectivity index (χ2v) is 4.67. The number of amides is 1. The SMILES string of the molecule is O=C(Nc1cc(Cl)ccc1F)c1cc(F)c(F)cc1Cl. The molecule has 0 heterocycles. The molecule has 1 amide bonds. The molecule has 0 aliphatic carbocycles. The van der Waals surface area contributed by atoms with Gasteiger partial charge in [0.1, 0.15) is 5.82 Å². The van der Waals surface area contributed by atoms with E-state index in [9.17, 15) is 18.0 Å². The van der Waals surface area contributed by atoms with Crippen molar-refractivity contribution < 1.29 is 18.0 Å². The Morgan fingerprint density at radius 1 is 0.950 bits per heavy atom. The minimum absolute atomic E-state index is 0.191. The zero-order valence-electron chi connectivity index (χ0n) is 9.68. The van der Waals surface area contributed by atoms with Crippen molar-refractivity contribution in [2.24, 2.45) is 0 Å². The number of carbonyl (C=O) groups is 1. The molecule has 0 unspecified atom stereocenters. The smallest absolute Gasteiger partial charge is 0.257 e. The van der Waals surface area contributed by atoms with Crippen LogP contribution in [0, 0.1) is 17.5 Å². The van der Waals surface area contributed by atoms with Gasteiger partial charge in [0.15, 0.2) is 11.6 Å². The van der Waals surface area contributed by atoms with Gasteiger partial charge in [-0.1, -0.05) is 23.2 Å². The summed E-state index contributed by atoms with van der Waals surface area (Å²) in [5.74, 6) is -4.01. The monoisotopic (exact) mass is 319 g/mol. The van der Waals surface area contributed by atoms with Gasteiger partial charge < -0.3 is 5.32 Å². The average Bonchev–Trinajstić information content (AvgIpc) is 2.38. The molecule has 0 fully saturated rings. The number of carbonyl (C=O) groups excluding carboxylic acids is 1. The molecule has 2 rings (SSSR count). The Morgan fingerprint density at radius 2 is 1.60 bits per heavy atom. The van der Waals surface area contributed by atoms with Crippen LogP contribution < -0.4 is 5.32 Å². The van der Waals surface area contributed by atoms with Crippen molar-refractivity contribution in [3.8, 4) is 0 Å². The van der Waals surface area contributed by atoms with E-state index in [-0.39, 0.29) is 21.3 Å². The minimum atomic E-state index is -1.23. The molecule has 2 nitrogen and oxygen atoms in total. The van der Waals surface area contributed by atoms with Crippen molar-refractivity contribution in [3.05, 3.63) is 63.4 Å². The molecule has 0 spiro atoms. The van der Waals surface area contributed by atoms with Crippen LogP contribution in [0.4, 0.5) is 18.9 Å². The lowest BCUT2D eigenvalue weighted by atomic mass is 10.2. The van der Waals surface area contributed by atoms with Crippen LogP contribution >= 0.6 is 23.2 Å². The molecule has 20 heavy (non-hydrogen) atoms. The number of anilines is 1. The van der Waals surface area contributed by atoms with E-state index in [0.717, 1.165) is 6.07 Å². The Morgan fingerprint density at radius 3 is 2.30 bits per heavy atom. The van der Waals surface area contributed by atoms with E-state index in [2.05, 4.69) is 5.32 Å². The predicted octanol–water partition coefficient (Wildman–Crippen LogP) is 4.66. The van der Waals surface area contributed by atoms with Gasteiger partial charge in [-0.25, -0.2) is 13.2 Å². The second kappa shape index (κ2) is 5.73. The molecule has 0 bridgehead atoms. The molecular formula is C13H6Cl2F3NO. The number of benzene rings is 2. The molecule has 0 saturated carbocycles. The van der Waals surface area contributed by atoms with Crippen molar-refractivity contribution >= 4 is 34.8 Å². The largest absolute Gasteiger partial charge is 0.319 e. The Hall–Kier alpha value is -1.72. The van der Waals surface area contributed by atoms with Crippen LogP contribution in [0.2, 0.25) is 10.0 Å². The summed E-state index contributed by atoms with van der Waals surface area (Å²) in [6, 6.07) is 4.85. The lowest BCUT2D eigenvalue weighted by Crippen LogP contribution is -2.14. The molecular weight excluding hydrogens is 314 g/mol. The summed E-state index contributed by atoms with van der Waals surface area (Å²) in [4.78, 5) is 11.9. The fraction of sp³-hybridized carbons (Fsp3) is 0. The molecule has 0 aromatic heterocycles. The van der Waals surface area contributed by atoms with Gasteiger partial charge in [-0.15, -0.1) is 0 Å². The first-order chi connectivity index (χ1) is 9.38. The summed E-state index contributed by atoms with van der Waals surface area (Å²) in [5, 5.41) is 2.10. The average molecular weight is 320 g/mol. The number of rotatable bonds is 2. The van der Waals surface area contributed by atoms with Crippen LogP contribution in [0.3, 0.4) is 0 Å². The first kappa shape index (κ1) is 14.7. The molecule has 2 aromatic rings. The molecule has 0 atom stereocenters. The second-order valence-electron chi connectivity index (χ2n) is 3.82. The lowest BCUT2D eigenvalue weighted by molar-refractivity contribution is 0.102. The number of halogens is 5. The summed E-state index contributed by atoms with van der Waals surface area (Å²) in [6.45, 7) is 0. The van der Waals surface area contributed by atoms with Crippen LogP contribution in [-0.4, -0.2) is 5.91 Å². The minimum Gasteiger partial charge on any atom is -0.319 e. The van der Waals surface area contributed by atoms with Gasteiger partial charge in [0.2, 0.25) is 0 Å². The van der Waals surface area contributed by atoms with Gasteiger partial charge in [0, 0.05) is 5.02 Å². The Bertz CT molecular complexity index is 692. The van der Waals surface area contributed by atoms with Crippen LogP contribution in [0.25, 0.3) is 0 Å². The lowest BCUT2D eigenvalue weighted by Gasteiger charge is -2.08. The van der Waals surface area contributed by atoms with Gasteiger partial charge in [-0.05, 0) is 30.3 Å². The normalized spacial score (nSPS) is 10.4. The molecule has 0 aliphatic rings. The van der Waals surface area contributed by atoms with Crippen molar-refractivity contribution in [2.45, 2.75) is 0 Å². The number of hydrogen-bond donors (Lipinski definition) is 1. The molecule has 2 aromatic carbocycles. The summed E-state index contributed by atoms with van der Waals surface area (Å²) in [5.41, 5.74) is -0.506. The zero-order valence-corrected chi connectivity index (χ0v) is 11.2. The maximum Gasteiger partial charge on any atom is 0.257 e. The van der Waals surface area contributed by atoms with E-state index in [4.69, 9.17) is 23.2 Å². The van der Waals surface area contributed by atoms with E-state index in [1.54, 1.807) is 0 Å². The molecule has 0 saturated heterocycles. The quantitative estimate of drug-likeness (QED) is 0.801. The third-order valence-electron chi connectivity index (χ3n) is 2.43. The van der Waals surface area contributed by atoms with Gasteiger partial charge in [-0.3, -0.25) is 4.79 Å². The topological polar surface area (TPSA) is 29.1 Å². The third-order valence-corrected chi connectivity index (χ3v) is 2.98. The van der Waals surface area contributed by atoms with Crippen molar-refractivity contribution in [1.82, 2.24) is 0 Å². The first-order valence-electron chi connectivity index (χ1n) is 5.29. The van der Waals surface area contributed by atoms with Gasteiger partial charge in [0.05, 0.1) is 16.3 Å². The maximum atomic E-state index is 13.4. The van der Waals surface area contributed by atoms with Crippen LogP contribution in [0.1, 0.15) is 10.4 Å². The fourth-order valence-electron chi connectivity index (χ4n) is 1.48. The summed E-state index contributed by atoms with van der Waals surface area (Å²) >= 11 is 11.3. The third kappa shape index (κ3) is 3.05. The van der Waals surface area contributed by atoms with E-state index in [1.165, 1.54) is 12.1 Å². The molecule has 0 aliphatic heterocycles. The molecule has 1 N–H and O–H groups in total. The van der Waals surface area contributed by atoms with Crippen molar-refractivity contribution in [2.75, 3.05) is 5.32 Å². The van der Waals surface area contributed by atoms with Crippen LogP contribution in [0.15, 0.2) is 30.3 Å². The highest BCUT2D eigenvalue weighted by Gasteiger charge is 2.16. The van der Waals surface area contributed by atoms with Crippen molar-refractivity contribution in [1.29, 1.82) is 0 Å².